The average molecular weight is 242 g/mol. The Hall–Kier alpha value is -0.740. The molecule has 1 N–H and O–H groups in total. The van der Waals surface area contributed by atoms with Crippen molar-refractivity contribution in [2.75, 3.05) is 5.75 Å². The maximum Gasteiger partial charge on any atom is 0.303 e. The first-order valence-electron chi connectivity index (χ1n) is 4.83. The Labute approximate surface area is 96.9 Å². The Balaban J connectivity index is 2.86. The third-order valence-corrected chi connectivity index (χ3v) is 4.75. The lowest BCUT2D eigenvalue weighted by molar-refractivity contribution is -0.136. The van der Waals surface area contributed by atoms with Gasteiger partial charge in [-0.2, -0.15) is 0 Å². The molecule has 2 nitrogen and oxygen atoms in total. The molecule has 0 saturated heterocycles. The molecule has 0 saturated carbocycles. The summed E-state index contributed by atoms with van der Waals surface area (Å²) in [4.78, 5) is 11.6. The van der Waals surface area contributed by atoms with E-state index in [0.717, 1.165) is 16.2 Å². The summed E-state index contributed by atoms with van der Waals surface area (Å²) in [7, 11) is -0.176. The maximum absolute atomic E-state index is 10.5. The molecular weight excluding hydrogens is 228 g/mol. The Morgan fingerprint density at radius 3 is 2.73 bits per heavy atom. The van der Waals surface area contributed by atoms with Crippen LogP contribution < -0.4 is 0 Å². The second kappa shape index (κ2) is 5.98. The van der Waals surface area contributed by atoms with Crippen LogP contribution in [0.15, 0.2) is 29.2 Å². The van der Waals surface area contributed by atoms with E-state index in [1.54, 1.807) is 0 Å². The van der Waals surface area contributed by atoms with Crippen LogP contribution in [-0.2, 0) is 31.9 Å². The summed E-state index contributed by atoms with van der Waals surface area (Å²) in [6.45, 7) is 2.06. The summed E-state index contributed by atoms with van der Waals surface area (Å²) in [5.74, 6) is 0.171. The van der Waals surface area contributed by atoms with Gasteiger partial charge < -0.3 is 5.11 Å². The van der Waals surface area contributed by atoms with E-state index in [0.29, 0.717) is 6.42 Å². The number of hydrogen-bond acceptors (Lipinski definition) is 2. The van der Waals surface area contributed by atoms with Crippen LogP contribution in [0, 0.1) is 0 Å². The van der Waals surface area contributed by atoms with Gasteiger partial charge in [0.15, 0.2) is 0 Å². The Morgan fingerprint density at radius 1 is 1.47 bits per heavy atom. The fraction of sp³-hybridized carbons (Fsp3) is 0.364. The number of carbonyl (C=O) groups is 1. The van der Waals surface area contributed by atoms with Gasteiger partial charge in [-0.1, -0.05) is 34.6 Å². The standard InChI is InChI=1S/C11H14O2S2/c1-2-15(14)10-6-4-3-5-9(10)7-8-11(12)13/h3-6H,2,7-8H2,1H3,(H,12,13). The molecule has 0 radical (unpaired) electrons. The molecule has 0 heterocycles. The molecule has 0 fully saturated rings. The van der Waals surface area contributed by atoms with Crippen molar-refractivity contribution in [3.63, 3.8) is 0 Å². The number of hydrogen-bond donors (Lipinski definition) is 1. The Bertz CT molecular complexity index is 375. The van der Waals surface area contributed by atoms with Crippen molar-refractivity contribution < 1.29 is 9.90 Å². The highest BCUT2D eigenvalue weighted by Gasteiger charge is 2.06. The molecule has 0 aliphatic heterocycles. The van der Waals surface area contributed by atoms with Gasteiger partial charge in [-0.3, -0.25) is 4.79 Å². The average Bonchev–Trinajstić information content (AvgIpc) is 2.25. The highest BCUT2D eigenvalue weighted by molar-refractivity contribution is 8.28. The summed E-state index contributed by atoms with van der Waals surface area (Å²) < 4.78 is 0. The van der Waals surface area contributed by atoms with Gasteiger partial charge >= 0.3 is 5.97 Å². The van der Waals surface area contributed by atoms with E-state index in [2.05, 4.69) is 6.92 Å². The summed E-state index contributed by atoms with van der Waals surface area (Å²) in [6, 6.07) is 7.88. The van der Waals surface area contributed by atoms with Crippen molar-refractivity contribution >= 4 is 26.6 Å². The maximum atomic E-state index is 10.5. The van der Waals surface area contributed by atoms with Crippen LogP contribution in [0.4, 0.5) is 0 Å². The molecule has 1 aromatic carbocycles. The van der Waals surface area contributed by atoms with Gasteiger partial charge in [0.25, 0.3) is 0 Å². The number of aryl methyl sites for hydroxylation is 1. The monoisotopic (exact) mass is 242 g/mol. The lowest BCUT2D eigenvalue weighted by Gasteiger charge is -2.08. The first-order valence-corrected chi connectivity index (χ1v) is 7.15. The molecule has 0 amide bonds. The Kier molecular flexibility index (Phi) is 4.91. The molecule has 0 aliphatic rings. The number of carboxylic acids is 1. The number of benzene rings is 1. The van der Waals surface area contributed by atoms with Crippen molar-refractivity contribution in [3.8, 4) is 0 Å². The smallest absolute Gasteiger partial charge is 0.303 e. The van der Waals surface area contributed by atoms with Crippen LogP contribution in [0.5, 0.6) is 0 Å². The third-order valence-electron chi connectivity index (χ3n) is 2.09. The predicted octanol–water partition coefficient (Wildman–Crippen LogP) is 2.16. The van der Waals surface area contributed by atoms with Crippen LogP contribution in [0.1, 0.15) is 18.9 Å². The molecule has 4 heteroatoms. The summed E-state index contributed by atoms with van der Waals surface area (Å²) in [5.41, 5.74) is 1.08. The van der Waals surface area contributed by atoms with Crippen LogP contribution in [-0.4, -0.2) is 16.8 Å². The fourth-order valence-corrected chi connectivity index (χ4v) is 2.82. The van der Waals surface area contributed by atoms with Crippen LogP contribution >= 0.6 is 0 Å². The normalized spacial score (nSPS) is 12.3. The molecular formula is C11H14O2S2. The van der Waals surface area contributed by atoms with E-state index in [-0.39, 0.29) is 15.9 Å². The van der Waals surface area contributed by atoms with E-state index in [1.165, 1.54) is 0 Å². The van der Waals surface area contributed by atoms with Crippen LogP contribution in [0.3, 0.4) is 0 Å². The fourth-order valence-electron chi connectivity index (χ4n) is 1.33. The van der Waals surface area contributed by atoms with Crippen LogP contribution in [0.25, 0.3) is 0 Å². The predicted molar refractivity (Wildman–Crippen MR) is 65.9 cm³/mol. The van der Waals surface area contributed by atoms with Gasteiger partial charge in [-0.15, -0.1) is 0 Å². The highest BCUT2D eigenvalue weighted by Crippen LogP contribution is 2.15. The number of carboxylic acid groups (broad SMARTS) is 1. The first-order chi connectivity index (χ1) is 7.15. The molecule has 0 bridgehead atoms. The lowest BCUT2D eigenvalue weighted by Crippen LogP contribution is -2.02. The number of aliphatic carboxylic acids is 1. The zero-order valence-electron chi connectivity index (χ0n) is 8.60. The largest absolute Gasteiger partial charge is 0.481 e. The molecule has 0 aromatic heterocycles. The summed E-state index contributed by atoms with van der Waals surface area (Å²) >= 11 is 5.35. The third kappa shape index (κ3) is 3.72. The van der Waals surface area contributed by atoms with Crippen molar-refractivity contribution in [2.45, 2.75) is 24.7 Å². The molecule has 15 heavy (non-hydrogen) atoms. The van der Waals surface area contributed by atoms with E-state index in [1.807, 2.05) is 24.3 Å². The number of rotatable bonds is 5. The van der Waals surface area contributed by atoms with Gasteiger partial charge in [0.1, 0.15) is 0 Å². The minimum atomic E-state index is -0.759. The molecule has 1 unspecified atom stereocenters. The second-order valence-electron chi connectivity index (χ2n) is 3.14. The SMILES string of the molecule is CCS(=S)c1ccccc1CCC(=O)O. The van der Waals surface area contributed by atoms with E-state index in [4.69, 9.17) is 16.3 Å². The minimum absolute atomic E-state index is 0.174. The van der Waals surface area contributed by atoms with Gasteiger partial charge in [0.2, 0.25) is 0 Å². The molecule has 1 aromatic rings. The van der Waals surface area contributed by atoms with Gasteiger partial charge in [0.05, 0.1) is 0 Å². The minimum Gasteiger partial charge on any atom is -0.481 e. The highest BCUT2D eigenvalue weighted by atomic mass is 32.8. The Morgan fingerprint density at radius 2 is 2.13 bits per heavy atom. The second-order valence-corrected chi connectivity index (χ2v) is 6.05. The first kappa shape index (κ1) is 12.3. The van der Waals surface area contributed by atoms with Crippen molar-refractivity contribution in [1.82, 2.24) is 0 Å². The zero-order chi connectivity index (χ0) is 11.3. The van der Waals surface area contributed by atoms with Crippen molar-refractivity contribution in [1.29, 1.82) is 0 Å². The van der Waals surface area contributed by atoms with Crippen LogP contribution in [0.2, 0.25) is 0 Å². The lowest BCUT2D eigenvalue weighted by atomic mass is 10.1. The van der Waals surface area contributed by atoms with E-state index < -0.39 is 5.97 Å². The molecule has 0 spiro atoms. The quantitative estimate of drug-likeness (QED) is 0.859. The van der Waals surface area contributed by atoms with E-state index in [9.17, 15) is 4.79 Å². The topological polar surface area (TPSA) is 37.3 Å². The van der Waals surface area contributed by atoms with Crippen molar-refractivity contribution in [2.24, 2.45) is 0 Å². The molecule has 82 valence electrons. The van der Waals surface area contributed by atoms with E-state index >= 15 is 0 Å². The summed E-state index contributed by atoms with van der Waals surface area (Å²) in [6.07, 6.45) is 0.749. The van der Waals surface area contributed by atoms with Crippen molar-refractivity contribution in [3.05, 3.63) is 29.8 Å². The van der Waals surface area contributed by atoms with Gasteiger partial charge in [0, 0.05) is 11.3 Å². The molecule has 0 aliphatic carbocycles. The molecule has 1 rings (SSSR count). The van der Waals surface area contributed by atoms with Gasteiger partial charge in [-0.25, -0.2) is 0 Å². The zero-order valence-corrected chi connectivity index (χ0v) is 10.2. The van der Waals surface area contributed by atoms with Gasteiger partial charge in [-0.05, 0) is 35.0 Å². The summed E-state index contributed by atoms with van der Waals surface area (Å²) in [5, 5.41) is 8.64. The molecule has 1 atom stereocenters.